The summed E-state index contributed by atoms with van der Waals surface area (Å²) in [6.07, 6.45) is -0.583. The molecule has 0 bridgehead atoms. The number of aliphatic carboxylic acids is 1. The van der Waals surface area contributed by atoms with E-state index in [0.29, 0.717) is 33.6 Å². The van der Waals surface area contributed by atoms with Crippen molar-refractivity contribution in [2.75, 3.05) is 11.5 Å². The smallest absolute Gasteiger partial charge is 0.419 e. The van der Waals surface area contributed by atoms with Gasteiger partial charge < -0.3 is 14.4 Å². The summed E-state index contributed by atoms with van der Waals surface area (Å²) in [5, 5.41) is 13.7. The molecule has 0 atom stereocenters. The van der Waals surface area contributed by atoms with Crippen LogP contribution in [0.15, 0.2) is 82.2 Å². The van der Waals surface area contributed by atoms with Crippen molar-refractivity contribution in [1.29, 1.82) is 0 Å². The van der Waals surface area contributed by atoms with E-state index in [0.717, 1.165) is 21.6 Å². The Labute approximate surface area is 224 Å². The highest BCUT2D eigenvalue weighted by Crippen LogP contribution is 2.40. The number of halogens is 1. The molecule has 9 heteroatoms. The van der Waals surface area contributed by atoms with Crippen molar-refractivity contribution in [3.05, 3.63) is 94.7 Å². The molecule has 0 aliphatic carbocycles. The summed E-state index contributed by atoms with van der Waals surface area (Å²) in [4.78, 5) is 26.4. The van der Waals surface area contributed by atoms with Crippen LogP contribution in [0.3, 0.4) is 0 Å². The first-order chi connectivity index (χ1) is 17.9. The number of thioether (sulfide) groups is 1. The molecule has 3 aromatic carbocycles. The van der Waals surface area contributed by atoms with E-state index in [4.69, 9.17) is 26.0 Å². The van der Waals surface area contributed by atoms with Gasteiger partial charge in [-0.25, -0.2) is 9.69 Å². The molecule has 0 radical (unpaired) electrons. The van der Waals surface area contributed by atoms with E-state index < -0.39 is 12.1 Å². The second-order valence-electron chi connectivity index (χ2n) is 8.13. The van der Waals surface area contributed by atoms with Crippen LogP contribution in [0.5, 0.6) is 0 Å². The normalized spacial score (nSPS) is 10.8. The maximum Gasteiger partial charge on any atom is 0.419 e. The molecule has 4 aromatic rings. The topological polar surface area (TPSA) is 92.9 Å². The second-order valence-corrected chi connectivity index (χ2v) is 9.58. The number of amides is 1. The largest absolute Gasteiger partial charge is 0.481 e. The first-order valence-electron chi connectivity index (χ1n) is 11.6. The molecule has 190 valence electrons. The van der Waals surface area contributed by atoms with E-state index >= 15 is 0 Å². The van der Waals surface area contributed by atoms with Gasteiger partial charge in [0.1, 0.15) is 11.4 Å². The molecule has 0 aliphatic rings. The van der Waals surface area contributed by atoms with Crippen molar-refractivity contribution >= 4 is 46.8 Å². The number of rotatable bonds is 9. The molecule has 1 aromatic heterocycles. The third-order valence-corrected chi connectivity index (χ3v) is 6.87. The standard InChI is InChI=1S/C28H25ClN2O5S/c1-3-35-28(34)31(24-10-5-4-9-23(24)29)27-18(2)36-30-26(27)21-13-11-19(12-14-21)17-37-22-8-6-7-20(15-22)16-25(32)33/h4-15H,3,16-17H2,1-2H3,(H,32,33). The Morgan fingerprint density at radius 1 is 1.05 bits per heavy atom. The molecule has 1 N–H and O–H groups in total. The van der Waals surface area contributed by atoms with Gasteiger partial charge in [-0.2, -0.15) is 0 Å². The molecule has 0 unspecified atom stereocenters. The average molecular weight is 537 g/mol. The minimum absolute atomic E-state index is 0.000439. The first kappa shape index (κ1) is 26.3. The quantitative estimate of drug-likeness (QED) is 0.221. The van der Waals surface area contributed by atoms with Gasteiger partial charge in [0.25, 0.3) is 0 Å². The highest BCUT2D eigenvalue weighted by Gasteiger charge is 2.29. The summed E-state index contributed by atoms with van der Waals surface area (Å²) < 4.78 is 10.8. The zero-order valence-electron chi connectivity index (χ0n) is 20.3. The van der Waals surface area contributed by atoms with Crippen LogP contribution < -0.4 is 4.90 Å². The molecule has 37 heavy (non-hydrogen) atoms. The number of aromatic nitrogens is 1. The summed E-state index contributed by atoms with van der Waals surface area (Å²) >= 11 is 8.07. The van der Waals surface area contributed by atoms with Crippen LogP contribution in [-0.2, 0) is 21.7 Å². The summed E-state index contributed by atoms with van der Waals surface area (Å²) in [7, 11) is 0. The fraction of sp³-hybridized carbons (Fsp3) is 0.179. The highest BCUT2D eigenvalue weighted by molar-refractivity contribution is 7.98. The van der Waals surface area contributed by atoms with Crippen LogP contribution in [0.2, 0.25) is 5.02 Å². The fourth-order valence-corrected chi connectivity index (χ4v) is 4.95. The number of aryl methyl sites for hydroxylation is 1. The van der Waals surface area contributed by atoms with Gasteiger partial charge in [-0.1, -0.05) is 65.3 Å². The summed E-state index contributed by atoms with van der Waals surface area (Å²) in [5.74, 6) is 0.302. The fourth-order valence-electron chi connectivity index (χ4n) is 3.80. The van der Waals surface area contributed by atoms with Crippen LogP contribution in [0.4, 0.5) is 16.2 Å². The molecule has 7 nitrogen and oxygen atoms in total. The predicted molar refractivity (Wildman–Crippen MR) is 145 cm³/mol. The molecular weight excluding hydrogens is 512 g/mol. The Bertz CT molecular complexity index is 1400. The van der Waals surface area contributed by atoms with Crippen LogP contribution in [-0.4, -0.2) is 28.9 Å². The molecule has 1 amide bonds. The maximum atomic E-state index is 13.0. The number of carbonyl (C=O) groups is 2. The minimum Gasteiger partial charge on any atom is -0.481 e. The van der Waals surface area contributed by atoms with Crippen LogP contribution >= 0.6 is 23.4 Å². The van der Waals surface area contributed by atoms with Gasteiger partial charge in [-0.15, -0.1) is 11.8 Å². The summed E-state index contributed by atoms with van der Waals surface area (Å²) in [6.45, 7) is 3.67. The Kier molecular flexibility index (Phi) is 8.53. The lowest BCUT2D eigenvalue weighted by Crippen LogP contribution is -2.27. The summed E-state index contributed by atoms with van der Waals surface area (Å²) in [6, 6.07) is 22.4. The van der Waals surface area contributed by atoms with Gasteiger partial charge in [-0.05, 0) is 49.2 Å². The van der Waals surface area contributed by atoms with Gasteiger partial charge in [0.05, 0.1) is 23.7 Å². The number of benzene rings is 3. The van der Waals surface area contributed by atoms with Crippen molar-refractivity contribution in [3.63, 3.8) is 0 Å². The molecule has 0 spiro atoms. The number of anilines is 2. The Balaban J connectivity index is 1.59. The van der Waals surface area contributed by atoms with E-state index in [1.54, 1.807) is 49.9 Å². The van der Waals surface area contributed by atoms with Crippen LogP contribution in [0.1, 0.15) is 23.8 Å². The third kappa shape index (κ3) is 6.34. The third-order valence-electron chi connectivity index (χ3n) is 5.49. The van der Waals surface area contributed by atoms with Gasteiger partial charge in [0.15, 0.2) is 5.76 Å². The highest BCUT2D eigenvalue weighted by atomic mass is 35.5. The van der Waals surface area contributed by atoms with Crippen LogP contribution in [0, 0.1) is 6.92 Å². The van der Waals surface area contributed by atoms with Gasteiger partial charge in [0, 0.05) is 16.2 Å². The van der Waals surface area contributed by atoms with Crippen molar-refractivity contribution < 1.29 is 24.0 Å². The lowest BCUT2D eigenvalue weighted by molar-refractivity contribution is -0.136. The zero-order valence-corrected chi connectivity index (χ0v) is 21.9. The van der Waals surface area contributed by atoms with Crippen molar-refractivity contribution in [2.45, 2.75) is 30.9 Å². The molecule has 0 saturated heterocycles. The van der Waals surface area contributed by atoms with Gasteiger partial charge in [-0.3, -0.25) is 4.79 Å². The van der Waals surface area contributed by atoms with Gasteiger partial charge >= 0.3 is 12.1 Å². The van der Waals surface area contributed by atoms with E-state index in [9.17, 15) is 9.59 Å². The van der Waals surface area contributed by atoms with E-state index in [2.05, 4.69) is 5.16 Å². The molecule has 0 aliphatic heterocycles. The number of hydrogen-bond donors (Lipinski definition) is 1. The lowest BCUT2D eigenvalue weighted by Gasteiger charge is -2.23. The predicted octanol–water partition coefficient (Wildman–Crippen LogP) is 7.52. The Hall–Kier alpha value is -3.75. The number of carbonyl (C=O) groups excluding carboxylic acids is 1. The average Bonchev–Trinajstić information content (AvgIpc) is 3.25. The zero-order chi connectivity index (χ0) is 26.4. The number of hydrogen-bond acceptors (Lipinski definition) is 6. The number of nitrogens with zero attached hydrogens (tertiary/aromatic N) is 2. The molecule has 1 heterocycles. The van der Waals surface area contributed by atoms with E-state index in [1.165, 1.54) is 4.90 Å². The number of para-hydroxylation sites is 1. The first-order valence-corrected chi connectivity index (χ1v) is 12.9. The van der Waals surface area contributed by atoms with Crippen molar-refractivity contribution in [1.82, 2.24) is 5.16 Å². The molecule has 4 rings (SSSR count). The molecular formula is C28H25ClN2O5S. The van der Waals surface area contributed by atoms with Crippen molar-refractivity contribution in [3.8, 4) is 11.3 Å². The monoisotopic (exact) mass is 536 g/mol. The summed E-state index contributed by atoms with van der Waals surface area (Å²) in [5.41, 5.74) is 4.03. The maximum absolute atomic E-state index is 13.0. The Morgan fingerprint density at radius 3 is 2.51 bits per heavy atom. The van der Waals surface area contributed by atoms with Crippen molar-refractivity contribution in [2.24, 2.45) is 0 Å². The number of ether oxygens (including phenoxy) is 1. The lowest BCUT2D eigenvalue weighted by atomic mass is 10.1. The minimum atomic E-state index is -0.851. The van der Waals surface area contributed by atoms with E-state index in [1.807, 2.05) is 48.5 Å². The second kappa shape index (κ2) is 12.0. The van der Waals surface area contributed by atoms with E-state index in [-0.39, 0.29) is 13.0 Å². The Morgan fingerprint density at radius 2 is 1.81 bits per heavy atom. The number of carboxylic acids is 1. The SMILES string of the molecule is CCOC(=O)N(c1ccccc1Cl)c1c(-c2ccc(CSc3cccc(CC(=O)O)c3)cc2)noc1C. The molecule has 0 fully saturated rings. The van der Waals surface area contributed by atoms with Crippen LogP contribution in [0.25, 0.3) is 11.3 Å². The van der Waals surface area contributed by atoms with Gasteiger partial charge in [0.2, 0.25) is 0 Å². The molecule has 0 saturated carbocycles. The number of carboxylic acid groups (broad SMARTS) is 1.